The van der Waals surface area contributed by atoms with Gasteiger partial charge < -0.3 is 10.1 Å². The van der Waals surface area contributed by atoms with Crippen LogP contribution in [0.25, 0.3) is 0 Å². The lowest BCUT2D eigenvalue weighted by atomic mass is 10.2. The quantitative estimate of drug-likeness (QED) is 0.544. The van der Waals surface area contributed by atoms with E-state index in [1.54, 1.807) is 12.1 Å². The summed E-state index contributed by atoms with van der Waals surface area (Å²) < 4.78 is 46.2. The zero-order chi connectivity index (χ0) is 21.2. The van der Waals surface area contributed by atoms with Crippen LogP contribution in [0.15, 0.2) is 47.5 Å². The van der Waals surface area contributed by atoms with Crippen molar-refractivity contribution in [1.82, 2.24) is 10.2 Å². The second-order valence-electron chi connectivity index (χ2n) is 5.95. The third kappa shape index (κ3) is 4.49. The number of ether oxygens (including phenoxy) is 1. The number of H-pyrrole nitrogens is 1. The molecular weight excluding hydrogens is 423 g/mol. The Labute approximate surface area is 171 Å². The number of methoxy groups -OCH3 is 1. The molecule has 152 valence electrons. The molecule has 2 aromatic carbocycles. The van der Waals surface area contributed by atoms with E-state index in [1.807, 2.05) is 0 Å². The van der Waals surface area contributed by atoms with Gasteiger partial charge in [0, 0.05) is 17.1 Å². The lowest BCUT2D eigenvalue weighted by Crippen LogP contribution is -2.20. The summed E-state index contributed by atoms with van der Waals surface area (Å²) in [5.41, 5.74) is 0.536. The van der Waals surface area contributed by atoms with Crippen molar-refractivity contribution in [3.63, 3.8) is 0 Å². The number of amides is 1. The van der Waals surface area contributed by atoms with Crippen molar-refractivity contribution in [3.8, 4) is 5.75 Å². The van der Waals surface area contributed by atoms with E-state index in [0.717, 1.165) is 6.07 Å². The normalized spacial score (nSPS) is 11.2. The molecule has 3 aromatic rings. The van der Waals surface area contributed by atoms with Crippen LogP contribution in [0.5, 0.6) is 5.75 Å². The zero-order valence-corrected chi connectivity index (χ0v) is 16.9. The maximum Gasteiger partial charge on any atom is 0.282 e. The third-order valence-electron chi connectivity index (χ3n) is 3.92. The molecular formula is C18H16ClFN4O4S. The number of carbonyl (C=O) groups is 1. The van der Waals surface area contributed by atoms with Gasteiger partial charge in [-0.15, -0.1) is 0 Å². The molecule has 0 bridgehead atoms. The van der Waals surface area contributed by atoms with Crippen molar-refractivity contribution in [2.75, 3.05) is 17.1 Å². The van der Waals surface area contributed by atoms with E-state index in [2.05, 4.69) is 20.2 Å². The number of sulfonamides is 1. The number of rotatable bonds is 6. The molecule has 0 unspecified atom stereocenters. The molecule has 0 aliphatic heterocycles. The highest BCUT2D eigenvalue weighted by Gasteiger charge is 2.28. The molecule has 1 aromatic heterocycles. The Kier molecular flexibility index (Phi) is 5.76. The van der Waals surface area contributed by atoms with Crippen LogP contribution in [0.4, 0.5) is 15.8 Å². The van der Waals surface area contributed by atoms with Gasteiger partial charge in [-0.25, -0.2) is 4.39 Å². The molecule has 1 heterocycles. The highest BCUT2D eigenvalue weighted by Crippen LogP contribution is 2.24. The van der Waals surface area contributed by atoms with Crippen LogP contribution in [0.1, 0.15) is 16.1 Å². The number of carbonyl (C=O) groups excluding carboxylic acids is 1. The topological polar surface area (TPSA) is 113 Å². The molecule has 0 spiro atoms. The summed E-state index contributed by atoms with van der Waals surface area (Å²) in [7, 11) is -2.68. The van der Waals surface area contributed by atoms with Crippen molar-refractivity contribution in [2.24, 2.45) is 0 Å². The first-order chi connectivity index (χ1) is 13.7. The molecule has 0 atom stereocenters. The number of hydrogen-bond donors (Lipinski definition) is 3. The van der Waals surface area contributed by atoms with Gasteiger partial charge in [-0.05, 0) is 49.4 Å². The zero-order valence-electron chi connectivity index (χ0n) is 15.3. The van der Waals surface area contributed by atoms with E-state index in [4.69, 9.17) is 16.3 Å². The lowest BCUT2D eigenvalue weighted by Gasteiger charge is -2.10. The maximum atomic E-state index is 13.3. The smallest absolute Gasteiger partial charge is 0.282 e. The van der Waals surface area contributed by atoms with Crippen molar-refractivity contribution >= 4 is 38.9 Å². The highest BCUT2D eigenvalue weighted by atomic mass is 35.5. The molecule has 0 radical (unpaired) electrons. The van der Waals surface area contributed by atoms with Crippen LogP contribution < -0.4 is 14.8 Å². The van der Waals surface area contributed by atoms with Gasteiger partial charge in [-0.1, -0.05) is 11.6 Å². The van der Waals surface area contributed by atoms with E-state index >= 15 is 0 Å². The SMILES string of the molecule is COc1ccc(NS(=O)(=O)c2n[nH]c(C)c2C(=O)Nc2ccc(F)c(Cl)c2)cc1. The fraction of sp³-hybridized carbons (Fsp3) is 0.111. The summed E-state index contributed by atoms with van der Waals surface area (Å²) in [6.45, 7) is 1.51. The first-order valence-corrected chi connectivity index (χ1v) is 10.1. The largest absolute Gasteiger partial charge is 0.497 e. The van der Waals surface area contributed by atoms with E-state index in [9.17, 15) is 17.6 Å². The Morgan fingerprint density at radius 2 is 1.83 bits per heavy atom. The standard InChI is InChI=1S/C18H16ClFN4O4S/c1-10-16(17(25)21-12-5-8-15(20)14(19)9-12)18(23-22-10)29(26,27)24-11-3-6-13(28-2)7-4-11/h3-9,24H,1-2H3,(H,21,25)(H,22,23). The van der Waals surface area contributed by atoms with Gasteiger partial charge in [-0.2, -0.15) is 13.5 Å². The van der Waals surface area contributed by atoms with Crippen LogP contribution in [0.3, 0.4) is 0 Å². The Balaban J connectivity index is 1.88. The van der Waals surface area contributed by atoms with Crippen molar-refractivity contribution in [3.05, 3.63) is 64.6 Å². The van der Waals surface area contributed by atoms with Gasteiger partial charge in [0.2, 0.25) is 5.03 Å². The van der Waals surface area contributed by atoms with Gasteiger partial charge >= 0.3 is 0 Å². The van der Waals surface area contributed by atoms with Gasteiger partial charge in [0.1, 0.15) is 17.1 Å². The minimum absolute atomic E-state index is 0.175. The average molecular weight is 439 g/mol. The van der Waals surface area contributed by atoms with Gasteiger partial charge in [0.25, 0.3) is 15.9 Å². The van der Waals surface area contributed by atoms with E-state index < -0.39 is 26.8 Å². The molecule has 1 amide bonds. The predicted octanol–water partition coefficient (Wildman–Crippen LogP) is 3.57. The second kappa shape index (κ2) is 8.10. The van der Waals surface area contributed by atoms with Crippen LogP contribution in [0.2, 0.25) is 5.02 Å². The summed E-state index contributed by atoms with van der Waals surface area (Å²) in [4.78, 5) is 12.7. The summed E-state index contributed by atoms with van der Waals surface area (Å²) in [5.74, 6) is -0.827. The van der Waals surface area contributed by atoms with Crippen molar-refractivity contribution in [2.45, 2.75) is 11.9 Å². The molecule has 0 aliphatic carbocycles. The number of aromatic nitrogens is 2. The summed E-state index contributed by atoms with van der Waals surface area (Å²) in [6, 6.07) is 9.79. The first kappa shape index (κ1) is 20.6. The van der Waals surface area contributed by atoms with Crippen LogP contribution >= 0.6 is 11.6 Å². The molecule has 11 heteroatoms. The Bertz CT molecular complexity index is 1160. The van der Waals surface area contributed by atoms with E-state index in [0.29, 0.717) is 5.75 Å². The monoisotopic (exact) mass is 438 g/mol. The average Bonchev–Trinajstić information content (AvgIpc) is 3.08. The lowest BCUT2D eigenvalue weighted by molar-refractivity contribution is 0.102. The summed E-state index contributed by atoms with van der Waals surface area (Å²) in [6.07, 6.45) is 0. The molecule has 0 saturated heterocycles. The number of anilines is 2. The first-order valence-electron chi connectivity index (χ1n) is 8.19. The van der Waals surface area contributed by atoms with Crippen LogP contribution in [0, 0.1) is 12.7 Å². The second-order valence-corrected chi connectivity index (χ2v) is 7.95. The highest BCUT2D eigenvalue weighted by molar-refractivity contribution is 7.92. The number of halogens is 2. The molecule has 0 aliphatic rings. The fourth-order valence-electron chi connectivity index (χ4n) is 2.50. The Morgan fingerprint density at radius 3 is 2.45 bits per heavy atom. The summed E-state index contributed by atoms with van der Waals surface area (Å²) >= 11 is 5.71. The number of nitrogens with one attached hydrogen (secondary N) is 3. The summed E-state index contributed by atoms with van der Waals surface area (Å²) in [5, 5.41) is 8.09. The maximum absolute atomic E-state index is 13.3. The number of aromatic amines is 1. The molecule has 29 heavy (non-hydrogen) atoms. The van der Waals surface area contributed by atoms with Crippen molar-refractivity contribution < 1.29 is 22.3 Å². The predicted molar refractivity (Wildman–Crippen MR) is 106 cm³/mol. The number of aryl methyl sites for hydroxylation is 1. The number of benzene rings is 2. The molecule has 3 N–H and O–H groups in total. The van der Waals surface area contributed by atoms with E-state index in [-0.39, 0.29) is 27.7 Å². The van der Waals surface area contributed by atoms with Gasteiger partial charge in [-0.3, -0.25) is 14.6 Å². The minimum atomic E-state index is -4.17. The Hall–Kier alpha value is -3.11. The molecule has 0 fully saturated rings. The van der Waals surface area contributed by atoms with Gasteiger partial charge in [0.05, 0.1) is 12.1 Å². The van der Waals surface area contributed by atoms with Crippen molar-refractivity contribution in [1.29, 1.82) is 0 Å². The van der Waals surface area contributed by atoms with Crippen LogP contribution in [-0.4, -0.2) is 31.6 Å². The van der Waals surface area contributed by atoms with Crippen LogP contribution in [-0.2, 0) is 10.0 Å². The fourth-order valence-corrected chi connectivity index (χ4v) is 3.90. The molecule has 8 nitrogen and oxygen atoms in total. The van der Waals surface area contributed by atoms with E-state index in [1.165, 1.54) is 38.3 Å². The molecule has 0 saturated carbocycles. The number of nitrogens with zero attached hydrogens (tertiary/aromatic N) is 1. The number of hydrogen-bond acceptors (Lipinski definition) is 5. The Morgan fingerprint density at radius 1 is 1.17 bits per heavy atom. The third-order valence-corrected chi connectivity index (χ3v) is 5.51. The minimum Gasteiger partial charge on any atom is -0.497 e. The molecule has 3 rings (SSSR count). The van der Waals surface area contributed by atoms with Gasteiger partial charge in [0.15, 0.2) is 0 Å².